The van der Waals surface area contributed by atoms with E-state index >= 15 is 0 Å². The fourth-order valence-corrected chi connectivity index (χ4v) is 1.87. The van der Waals surface area contributed by atoms with Crippen molar-refractivity contribution >= 4 is 18.5 Å². The summed E-state index contributed by atoms with van der Waals surface area (Å²) in [6.45, 7) is 0.567. The van der Waals surface area contributed by atoms with E-state index in [2.05, 4.69) is 22.9 Å². The van der Waals surface area contributed by atoms with Crippen LogP contribution in [-0.2, 0) is 6.42 Å². The Bertz CT molecular complexity index is 528. The van der Waals surface area contributed by atoms with Gasteiger partial charge in [0.15, 0.2) is 0 Å². The normalized spacial score (nSPS) is 10.1. The first-order valence-electron chi connectivity index (χ1n) is 5.73. The molecular formula is C14H14N2OS. The van der Waals surface area contributed by atoms with Gasteiger partial charge >= 0.3 is 0 Å². The Morgan fingerprint density at radius 2 is 1.94 bits per heavy atom. The number of benzene rings is 1. The molecule has 2 aromatic rings. The van der Waals surface area contributed by atoms with Crippen molar-refractivity contribution in [3.63, 3.8) is 0 Å². The van der Waals surface area contributed by atoms with Gasteiger partial charge in [-0.3, -0.25) is 9.78 Å². The number of rotatable bonds is 4. The molecule has 0 spiro atoms. The number of thiol groups is 1. The molecule has 0 aliphatic rings. The van der Waals surface area contributed by atoms with Crippen molar-refractivity contribution in [2.75, 3.05) is 6.54 Å². The van der Waals surface area contributed by atoms with Crippen molar-refractivity contribution in [3.05, 3.63) is 59.9 Å². The van der Waals surface area contributed by atoms with Crippen LogP contribution in [0.25, 0.3) is 0 Å². The van der Waals surface area contributed by atoms with Crippen molar-refractivity contribution in [1.29, 1.82) is 0 Å². The molecule has 1 heterocycles. The van der Waals surface area contributed by atoms with Crippen LogP contribution in [0.4, 0.5) is 0 Å². The van der Waals surface area contributed by atoms with E-state index in [9.17, 15) is 4.79 Å². The van der Waals surface area contributed by atoms with Gasteiger partial charge in [-0.25, -0.2) is 0 Å². The molecule has 92 valence electrons. The molecule has 0 fully saturated rings. The molecule has 0 radical (unpaired) electrons. The fraction of sp³-hybridized carbons (Fsp3) is 0.143. The Labute approximate surface area is 112 Å². The van der Waals surface area contributed by atoms with Crippen LogP contribution in [0.1, 0.15) is 16.1 Å². The zero-order valence-electron chi connectivity index (χ0n) is 9.84. The number of amides is 1. The fourth-order valence-electron chi connectivity index (χ4n) is 1.61. The van der Waals surface area contributed by atoms with Crippen molar-refractivity contribution in [2.45, 2.75) is 11.3 Å². The molecule has 0 unspecified atom stereocenters. The van der Waals surface area contributed by atoms with Gasteiger partial charge in [0.2, 0.25) is 0 Å². The Kier molecular flexibility index (Phi) is 4.36. The van der Waals surface area contributed by atoms with Crippen LogP contribution in [0.3, 0.4) is 0 Å². The minimum absolute atomic E-state index is 0.100. The van der Waals surface area contributed by atoms with Crippen LogP contribution in [0.5, 0.6) is 0 Å². The molecule has 0 bridgehead atoms. The monoisotopic (exact) mass is 258 g/mol. The highest BCUT2D eigenvalue weighted by atomic mass is 32.1. The third-order valence-corrected chi connectivity index (χ3v) is 2.93. The quantitative estimate of drug-likeness (QED) is 0.827. The molecule has 1 amide bonds. The molecule has 0 saturated carbocycles. The number of carbonyl (C=O) groups is 1. The van der Waals surface area contributed by atoms with Gasteiger partial charge in [0.1, 0.15) is 0 Å². The summed E-state index contributed by atoms with van der Waals surface area (Å²) in [5.74, 6) is -0.100. The smallest absolute Gasteiger partial charge is 0.252 e. The largest absolute Gasteiger partial charge is 0.352 e. The SMILES string of the molecule is O=C(NCCc1ccccn1)c1ccccc1S. The molecule has 0 saturated heterocycles. The number of aromatic nitrogens is 1. The van der Waals surface area contributed by atoms with E-state index in [1.54, 1.807) is 18.3 Å². The zero-order chi connectivity index (χ0) is 12.8. The van der Waals surface area contributed by atoms with E-state index in [1.165, 1.54) is 0 Å². The molecule has 3 nitrogen and oxygen atoms in total. The highest BCUT2D eigenvalue weighted by Gasteiger charge is 2.07. The van der Waals surface area contributed by atoms with Crippen molar-refractivity contribution < 1.29 is 4.79 Å². The number of nitrogens with zero attached hydrogens (tertiary/aromatic N) is 1. The first-order chi connectivity index (χ1) is 8.77. The molecule has 0 aliphatic heterocycles. The summed E-state index contributed by atoms with van der Waals surface area (Å²) in [5.41, 5.74) is 1.57. The van der Waals surface area contributed by atoms with Gasteiger partial charge in [-0.1, -0.05) is 18.2 Å². The molecule has 1 aromatic carbocycles. The Morgan fingerprint density at radius 1 is 1.17 bits per heavy atom. The van der Waals surface area contributed by atoms with Crippen LogP contribution in [0.15, 0.2) is 53.6 Å². The second-order valence-corrected chi connectivity index (χ2v) is 4.33. The minimum atomic E-state index is -0.100. The molecule has 1 N–H and O–H groups in total. The first kappa shape index (κ1) is 12.6. The lowest BCUT2D eigenvalue weighted by Crippen LogP contribution is -2.26. The summed E-state index contributed by atoms with van der Waals surface area (Å²) in [6.07, 6.45) is 2.47. The average Bonchev–Trinajstić information content (AvgIpc) is 2.40. The number of hydrogen-bond donors (Lipinski definition) is 2. The summed E-state index contributed by atoms with van der Waals surface area (Å²) in [4.78, 5) is 16.8. The van der Waals surface area contributed by atoms with E-state index in [1.807, 2.05) is 30.3 Å². The molecule has 4 heteroatoms. The highest BCUT2D eigenvalue weighted by Crippen LogP contribution is 2.12. The van der Waals surface area contributed by atoms with Crippen molar-refractivity contribution in [2.24, 2.45) is 0 Å². The van der Waals surface area contributed by atoms with E-state index in [-0.39, 0.29) is 5.91 Å². The van der Waals surface area contributed by atoms with Crippen LogP contribution >= 0.6 is 12.6 Å². The molecule has 0 aliphatic carbocycles. The summed E-state index contributed by atoms with van der Waals surface area (Å²) < 4.78 is 0. The lowest BCUT2D eigenvalue weighted by Gasteiger charge is -2.06. The predicted molar refractivity (Wildman–Crippen MR) is 74.0 cm³/mol. The Balaban J connectivity index is 1.88. The number of nitrogens with one attached hydrogen (secondary N) is 1. The standard InChI is InChI=1S/C14H14N2OS/c17-14(12-6-1-2-7-13(12)18)16-10-8-11-5-3-4-9-15-11/h1-7,9,18H,8,10H2,(H,16,17). The summed E-state index contributed by atoms with van der Waals surface area (Å²) >= 11 is 4.26. The lowest BCUT2D eigenvalue weighted by atomic mass is 10.2. The summed E-state index contributed by atoms with van der Waals surface area (Å²) in [7, 11) is 0. The maximum Gasteiger partial charge on any atom is 0.252 e. The minimum Gasteiger partial charge on any atom is -0.352 e. The second kappa shape index (κ2) is 6.21. The Morgan fingerprint density at radius 3 is 2.67 bits per heavy atom. The van der Waals surface area contributed by atoms with Gasteiger partial charge in [0, 0.05) is 29.8 Å². The van der Waals surface area contributed by atoms with E-state index in [0.29, 0.717) is 17.0 Å². The third-order valence-electron chi connectivity index (χ3n) is 2.54. The lowest BCUT2D eigenvalue weighted by molar-refractivity contribution is 0.0951. The maximum atomic E-state index is 11.9. The number of pyridine rings is 1. The first-order valence-corrected chi connectivity index (χ1v) is 6.18. The van der Waals surface area contributed by atoms with Crippen LogP contribution in [-0.4, -0.2) is 17.4 Å². The summed E-state index contributed by atoms with van der Waals surface area (Å²) in [5, 5.41) is 2.86. The third kappa shape index (κ3) is 3.34. The maximum absolute atomic E-state index is 11.9. The van der Waals surface area contributed by atoms with Crippen molar-refractivity contribution in [1.82, 2.24) is 10.3 Å². The van der Waals surface area contributed by atoms with Crippen LogP contribution in [0, 0.1) is 0 Å². The molecule has 2 rings (SSSR count). The number of carbonyl (C=O) groups excluding carboxylic acids is 1. The van der Waals surface area contributed by atoms with Crippen LogP contribution in [0.2, 0.25) is 0 Å². The predicted octanol–water partition coefficient (Wildman–Crippen LogP) is 2.34. The van der Waals surface area contributed by atoms with Gasteiger partial charge in [-0.15, -0.1) is 12.6 Å². The van der Waals surface area contributed by atoms with Gasteiger partial charge in [-0.05, 0) is 24.3 Å². The van der Waals surface area contributed by atoms with Crippen molar-refractivity contribution in [3.8, 4) is 0 Å². The van der Waals surface area contributed by atoms with Gasteiger partial charge in [-0.2, -0.15) is 0 Å². The van der Waals surface area contributed by atoms with E-state index in [4.69, 9.17) is 0 Å². The van der Waals surface area contributed by atoms with Gasteiger partial charge in [0.25, 0.3) is 5.91 Å². The summed E-state index contributed by atoms with van der Waals surface area (Å²) in [6, 6.07) is 13.0. The topological polar surface area (TPSA) is 42.0 Å². The average molecular weight is 258 g/mol. The van der Waals surface area contributed by atoms with Gasteiger partial charge in [0.05, 0.1) is 5.56 Å². The second-order valence-electron chi connectivity index (χ2n) is 3.84. The Hall–Kier alpha value is -1.81. The van der Waals surface area contributed by atoms with Crippen LogP contribution < -0.4 is 5.32 Å². The number of hydrogen-bond acceptors (Lipinski definition) is 3. The molecule has 18 heavy (non-hydrogen) atoms. The molecule has 0 atom stereocenters. The zero-order valence-corrected chi connectivity index (χ0v) is 10.7. The highest BCUT2D eigenvalue weighted by molar-refractivity contribution is 7.80. The van der Waals surface area contributed by atoms with E-state index in [0.717, 1.165) is 12.1 Å². The molecular weight excluding hydrogens is 244 g/mol. The van der Waals surface area contributed by atoms with E-state index < -0.39 is 0 Å². The van der Waals surface area contributed by atoms with Gasteiger partial charge < -0.3 is 5.32 Å². The molecule has 1 aromatic heterocycles.